The highest BCUT2D eigenvalue weighted by Gasteiger charge is 2.45. The molecule has 0 amide bonds. The molecule has 1 saturated carbocycles. The second-order valence-corrected chi connectivity index (χ2v) is 6.74. The first-order valence-corrected chi connectivity index (χ1v) is 7.84. The Hall–Kier alpha value is -1.64. The number of aliphatic hydroxyl groups excluding tert-OH is 1. The van der Waals surface area contributed by atoms with E-state index in [0.29, 0.717) is 18.6 Å². The van der Waals surface area contributed by atoms with Crippen molar-refractivity contribution in [3.63, 3.8) is 0 Å². The number of sulfonamides is 1. The number of nitrogens with one attached hydrogen (secondary N) is 1. The smallest absolute Gasteiger partial charge is 0.307 e. The Kier molecular flexibility index (Phi) is 4.22. The summed E-state index contributed by atoms with van der Waals surface area (Å²) in [5.74, 6) is -0.753. The first-order chi connectivity index (χ1) is 9.82. The molecule has 1 aromatic rings. The van der Waals surface area contributed by atoms with Gasteiger partial charge in [-0.15, -0.1) is 0 Å². The molecular formula is C13H17NO6S. The summed E-state index contributed by atoms with van der Waals surface area (Å²) >= 11 is 0. The largest absolute Gasteiger partial charge is 0.497 e. The van der Waals surface area contributed by atoms with Crippen LogP contribution in [-0.2, 0) is 21.2 Å². The van der Waals surface area contributed by atoms with Crippen LogP contribution in [0.15, 0.2) is 23.1 Å². The zero-order chi connectivity index (χ0) is 15.7. The van der Waals surface area contributed by atoms with E-state index in [1.165, 1.54) is 25.3 Å². The summed E-state index contributed by atoms with van der Waals surface area (Å²) in [6.45, 7) is -0.281. The SMILES string of the molecule is COc1ccc(S(=O)(=O)NC2(CO)CC2)c(CC(=O)O)c1. The van der Waals surface area contributed by atoms with Crippen molar-refractivity contribution in [2.45, 2.75) is 29.7 Å². The third-order valence-corrected chi connectivity index (χ3v) is 5.08. The van der Waals surface area contributed by atoms with Crippen molar-refractivity contribution in [3.05, 3.63) is 23.8 Å². The minimum Gasteiger partial charge on any atom is -0.497 e. The summed E-state index contributed by atoms with van der Waals surface area (Å²) in [5.41, 5.74) is -0.665. The lowest BCUT2D eigenvalue weighted by atomic mass is 10.1. The van der Waals surface area contributed by atoms with E-state index in [-0.39, 0.29) is 17.1 Å². The molecule has 1 aliphatic rings. The van der Waals surface area contributed by atoms with Crippen molar-refractivity contribution < 1.29 is 28.2 Å². The van der Waals surface area contributed by atoms with Gasteiger partial charge in [0.25, 0.3) is 0 Å². The normalized spacial score (nSPS) is 16.5. The Balaban J connectivity index is 2.39. The van der Waals surface area contributed by atoms with Gasteiger partial charge in [0.1, 0.15) is 5.75 Å². The van der Waals surface area contributed by atoms with Crippen molar-refractivity contribution in [2.24, 2.45) is 0 Å². The van der Waals surface area contributed by atoms with Crippen LogP contribution >= 0.6 is 0 Å². The first kappa shape index (κ1) is 15.7. The summed E-state index contributed by atoms with van der Waals surface area (Å²) in [7, 11) is -2.48. The molecule has 1 fully saturated rings. The third kappa shape index (κ3) is 3.52. The van der Waals surface area contributed by atoms with Crippen LogP contribution in [0, 0.1) is 0 Å². The maximum Gasteiger partial charge on any atom is 0.307 e. The summed E-state index contributed by atoms with van der Waals surface area (Å²) in [6.07, 6.45) is 0.694. The number of ether oxygens (including phenoxy) is 1. The molecular weight excluding hydrogens is 298 g/mol. The summed E-state index contributed by atoms with van der Waals surface area (Å²) in [6, 6.07) is 4.16. The van der Waals surface area contributed by atoms with Gasteiger partial charge in [0.15, 0.2) is 0 Å². The Labute approximate surface area is 122 Å². The quantitative estimate of drug-likeness (QED) is 0.659. The molecule has 8 heteroatoms. The molecule has 0 heterocycles. The fourth-order valence-corrected chi connectivity index (χ4v) is 3.70. The number of methoxy groups -OCH3 is 1. The highest BCUT2D eigenvalue weighted by molar-refractivity contribution is 7.89. The molecule has 1 aliphatic carbocycles. The summed E-state index contributed by atoms with van der Waals surface area (Å²) in [4.78, 5) is 10.8. The van der Waals surface area contributed by atoms with Gasteiger partial charge < -0.3 is 14.9 Å². The van der Waals surface area contributed by atoms with Crippen molar-refractivity contribution in [1.82, 2.24) is 4.72 Å². The van der Waals surface area contributed by atoms with Crippen molar-refractivity contribution in [2.75, 3.05) is 13.7 Å². The standard InChI is InChI=1S/C13H17NO6S/c1-20-10-2-3-11(9(6-10)7-12(16)17)21(18,19)14-13(8-15)4-5-13/h2-3,6,14-15H,4-5,7-8H2,1H3,(H,16,17). The van der Waals surface area contributed by atoms with Gasteiger partial charge >= 0.3 is 5.97 Å². The highest BCUT2D eigenvalue weighted by Crippen LogP contribution is 2.36. The molecule has 2 rings (SSSR count). The number of hydrogen-bond acceptors (Lipinski definition) is 5. The molecule has 7 nitrogen and oxygen atoms in total. The van der Waals surface area contributed by atoms with E-state index >= 15 is 0 Å². The molecule has 0 saturated heterocycles. The van der Waals surface area contributed by atoms with Crippen LogP contribution in [0.3, 0.4) is 0 Å². The van der Waals surface area contributed by atoms with E-state index in [1.807, 2.05) is 0 Å². The molecule has 0 aliphatic heterocycles. The van der Waals surface area contributed by atoms with E-state index in [2.05, 4.69) is 4.72 Å². The van der Waals surface area contributed by atoms with Crippen LogP contribution in [-0.4, -0.2) is 43.9 Å². The Morgan fingerprint density at radius 1 is 1.43 bits per heavy atom. The molecule has 0 radical (unpaired) electrons. The zero-order valence-corrected chi connectivity index (χ0v) is 12.3. The fourth-order valence-electron chi connectivity index (χ4n) is 2.03. The number of carboxylic acid groups (broad SMARTS) is 1. The molecule has 0 atom stereocenters. The number of benzene rings is 1. The average molecular weight is 315 g/mol. The monoisotopic (exact) mass is 315 g/mol. The minimum atomic E-state index is -3.90. The van der Waals surface area contributed by atoms with Crippen LogP contribution in [0.25, 0.3) is 0 Å². The van der Waals surface area contributed by atoms with Crippen LogP contribution < -0.4 is 9.46 Å². The molecule has 0 spiro atoms. The lowest BCUT2D eigenvalue weighted by Gasteiger charge is -2.17. The fraction of sp³-hybridized carbons (Fsp3) is 0.462. The van der Waals surface area contributed by atoms with Crippen molar-refractivity contribution >= 4 is 16.0 Å². The van der Waals surface area contributed by atoms with E-state index in [4.69, 9.17) is 9.84 Å². The number of aliphatic carboxylic acids is 1. The van der Waals surface area contributed by atoms with Gasteiger partial charge in [-0.1, -0.05) is 0 Å². The van der Waals surface area contributed by atoms with Gasteiger partial charge in [0.2, 0.25) is 10.0 Å². The second-order valence-electron chi connectivity index (χ2n) is 5.09. The second kappa shape index (κ2) is 5.63. The van der Waals surface area contributed by atoms with Gasteiger partial charge in [-0.3, -0.25) is 4.79 Å². The highest BCUT2D eigenvalue weighted by atomic mass is 32.2. The van der Waals surface area contributed by atoms with Crippen molar-refractivity contribution in [3.8, 4) is 5.75 Å². The first-order valence-electron chi connectivity index (χ1n) is 6.35. The maximum atomic E-state index is 12.4. The Bertz CT molecular complexity index is 651. The van der Waals surface area contributed by atoms with Gasteiger partial charge in [-0.2, -0.15) is 0 Å². The lowest BCUT2D eigenvalue weighted by molar-refractivity contribution is -0.136. The van der Waals surface area contributed by atoms with Crippen LogP contribution in [0.4, 0.5) is 0 Å². The molecule has 3 N–H and O–H groups in total. The lowest BCUT2D eigenvalue weighted by Crippen LogP contribution is -2.39. The average Bonchev–Trinajstić information content (AvgIpc) is 3.17. The molecule has 0 bridgehead atoms. The number of aliphatic hydroxyl groups is 1. The summed E-state index contributed by atoms with van der Waals surface area (Å²) in [5, 5.41) is 18.1. The van der Waals surface area contributed by atoms with Crippen LogP contribution in [0.1, 0.15) is 18.4 Å². The Morgan fingerprint density at radius 2 is 2.10 bits per heavy atom. The van der Waals surface area contributed by atoms with E-state index < -0.39 is 28.0 Å². The topological polar surface area (TPSA) is 113 Å². The van der Waals surface area contributed by atoms with E-state index in [0.717, 1.165) is 0 Å². The predicted octanol–water partition coefficient (Wildman–Crippen LogP) is 0.125. The van der Waals surface area contributed by atoms with Gasteiger partial charge in [0.05, 0.1) is 30.6 Å². The predicted molar refractivity (Wildman–Crippen MR) is 73.7 cm³/mol. The zero-order valence-electron chi connectivity index (χ0n) is 11.5. The van der Waals surface area contributed by atoms with E-state index in [1.54, 1.807) is 0 Å². The van der Waals surface area contributed by atoms with Gasteiger partial charge in [-0.25, -0.2) is 13.1 Å². The third-order valence-electron chi connectivity index (χ3n) is 3.41. The molecule has 21 heavy (non-hydrogen) atoms. The van der Waals surface area contributed by atoms with Gasteiger partial charge in [-0.05, 0) is 36.6 Å². The number of carboxylic acids is 1. The van der Waals surface area contributed by atoms with Gasteiger partial charge in [0, 0.05) is 0 Å². The Morgan fingerprint density at radius 3 is 2.57 bits per heavy atom. The number of rotatable bonds is 7. The molecule has 116 valence electrons. The number of carbonyl (C=O) groups is 1. The molecule has 0 unspecified atom stereocenters. The van der Waals surface area contributed by atoms with Crippen molar-refractivity contribution in [1.29, 1.82) is 0 Å². The van der Waals surface area contributed by atoms with E-state index in [9.17, 15) is 18.3 Å². The van der Waals surface area contributed by atoms with Crippen LogP contribution in [0.5, 0.6) is 5.75 Å². The minimum absolute atomic E-state index is 0.106. The molecule has 0 aromatic heterocycles. The van der Waals surface area contributed by atoms with Crippen LogP contribution in [0.2, 0.25) is 0 Å². The maximum absolute atomic E-state index is 12.4. The molecule has 1 aromatic carbocycles. The number of hydrogen-bond donors (Lipinski definition) is 3. The summed E-state index contributed by atoms with van der Waals surface area (Å²) < 4.78 is 32.2.